The Morgan fingerprint density at radius 2 is 2.05 bits per heavy atom. The number of carbonyl (C=O) groups is 1. The van der Waals surface area contributed by atoms with Crippen molar-refractivity contribution in [1.29, 1.82) is 0 Å². The van der Waals surface area contributed by atoms with E-state index in [1.807, 2.05) is 61.6 Å². The second kappa shape index (κ2) is 7.77. The molecule has 2 rings (SSSR count). The van der Waals surface area contributed by atoms with Gasteiger partial charge in [-0.1, -0.05) is 45.7 Å². The van der Waals surface area contributed by atoms with Crippen LogP contribution in [0.2, 0.25) is 5.02 Å². The molecule has 22 heavy (non-hydrogen) atoms. The van der Waals surface area contributed by atoms with Gasteiger partial charge in [0.25, 0.3) is 5.91 Å². The van der Waals surface area contributed by atoms with Crippen molar-refractivity contribution in [3.63, 3.8) is 0 Å². The molecular formula is C17H19BrClN2O+. The molecule has 1 atom stereocenters. The summed E-state index contributed by atoms with van der Waals surface area (Å²) < 4.78 is 1.00. The lowest BCUT2D eigenvalue weighted by Crippen LogP contribution is -2.86. The molecule has 1 amide bonds. The van der Waals surface area contributed by atoms with E-state index in [4.69, 9.17) is 11.6 Å². The van der Waals surface area contributed by atoms with Gasteiger partial charge in [-0.3, -0.25) is 4.79 Å². The minimum Gasteiger partial charge on any atom is -0.332 e. The van der Waals surface area contributed by atoms with Gasteiger partial charge in [0.15, 0.2) is 6.54 Å². The number of amides is 1. The molecule has 2 aromatic carbocycles. The molecule has 3 nitrogen and oxygen atoms in total. The van der Waals surface area contributed by atoms with Crippen molar-refractivity contribution in [2.24, 2.45) is 0 Å². The lowest BCUT2D eigenvalue weighted by atomic mass is 10.1. The third-order valence-electron chi connectivity index (χ3n) is 3.52. The van der Waals surface area contributed by atoms with Crippen molar-refractivity contribution < 1.29 is 10.1 Å². The number of carbonyl (C=O) groups excluding carboxylic acids is 1. The molecule has 0 spiro atoms. The van der Waals surface area contributed by atoms with E-state index in [0.717, 1.165) is 26.3 Å². The predicted molar refractivity (Wildman–Crippen MR) is 94.2 cm³/mol. The standard InChI is InChI=1S/C17H18BrClN2O/c1-11-9-13(18)7-8-16(11)21-17(22)10-20-12(2)14-5-3-4-6-15(14)19/h3-9,12,20H,10H2,1-2H3,(H,21,22)/p+1/t12-/m0/s1. The van der Waals surface area contributed by atoms with E-state index in [9.17, 15) is 4.79 Å². The van der Waals surface area contributed by atoms with E-state index in [1.54, 1.807) is 0 Å². The van der Waals surface area contributed by atoms with E-state index in [0.29, 0.717) is 6.54 Å². The SMILES string of the molecule is Cc1cc(Br)ccc1NC(=O)C[NH2+][C@@H](C)c1ccccc1Cl. The van der Waals surface area contributed by atoms with Crippen LogP contribution in [0, 0.1) is 6.92 Å². The number of rotatable bonds is 5. The molecule has 0 saturated heterocycles. The van der Waals surface area contributed by atoms with Gasteiger partial charge < -0.3 is 10.6 Å². The first-order valence-corrected chi connectivity index (χ1v) is 8.28. The number of anilines is 1. The van der Waals surface area contributed by atoms with E-state index in [2.05, 4.69) is 21.2 Å². The molecule has 0 bridgehead atoms. The maximum absolute atomic E-state index is 12.1. The summed E-state index contributed by atoms with van der Waals surface area (Å²) in [5.74, 6) is -0.0238. The first kappa shape index (κ1) is 17.0. The first-order valence-electron chi connectivity index (χ1n) is 7.11. The van der Waals surface area contributed by atoms with Crippen LogP contribution >= 0.6 is 27.5 Å². The van der Waals surface area contributed by atoms with Crippen molar-refractivity contribution in [1.82, 2.24) is 0 Å². The Balaban J connectivity index is 1.91. The van der Waals surface area contributed by atoms with Gasteiger partial charge in [0.05, 0.1) is 0 Å². The highest BCUT2D eigenvalue weighted by molar-refractivity contribution is 9.10. The third-order valence-corrected chi connectivity index (χ3v) is 4.35. The number of quaternary nitrogens is 1. The Bertz CT molecular complexity index is 675. The van der Waals surface area contributed by atoms with Crippen molar-refractivity contribution in [3.05, 3.63) is 63.1 Å². The summed E-state index contributed by atoms with van der Waals surface area (Å²) >= 11 is 9.59. The lowest BCUT2D eigenvalue weighted by Gasteiger charge is -2.13. The van der Waals surface area contributed by atoms with Gasteiger partial charge >= 0.3 is 0 Å². The van der Waals surface area contributed by atoms with Crippen LogP contribution in [0.4, 0.5) is 5.69 Å². The van der Waals surface area contributed by atoms with Crippen molar-refractivity contribution >= 4 is 39.1 Å². The summed E-state index contributed by atoms with van der Waals surface area (Å²) in [6, 6.07) is 13.6. The largest absolute Gasteiger partial charge is 0.332 e. The van der Waals surface area contributed by atoms with Gasteiger partial charge in [0.1, 0.15) is 6.04 Å². The fraction of sp³-hybridized carbons (Fsp3) is 0.235. The third kappa shape index (κ3) is 4.57. The van der Waals surface area contributed by atoms with Crippen LogP contribution in [0.3, 0.4) is 0 Å². The van der Waals surface area contributed by atoms with Crippen LogP contribution in [0.15, 0.2) is 46.9 Å². The fourth-order valence-electron chi connectivity index (χ4n) is 2.22. The maximum Gasteiger partial charge on any atom is 0.279 e. The van der Waals surface area contributed by atoms with Gasteiger partial charge in [-0.05, 0) is 43.7 Å². The van der Waals surface area contributed by atoms with Gasteiger partial charge in [0, 0.05) is 20.7 Å². The average Bonchev–Trinajstić information content (AvgIpc) is 2.48. The smallest absolute Gasteiger partial charge is 0.279 e. The first-order chi connectivity index (χ1) is 10.5. The molecule has 2 aromatic rings. The number of nitrogens with one attached hydrogen (secondary N) is 1. The number of halogens is 2. The van der Waals surface area contributed by atoms with Crippen molar-refractivity contribution in [3.8, 4) is 0 Å². The van der Waals surface area contributed by atoms with Crippen LogP contribution in [0.25, 0.3) is 0 Å². The van der Waals surface area contributed by atoms with E-state index in [1.165, 1.54) is 0 Å². The number of aryl methyl sites for hydroxylation is 1. The maximum atomic E-state index is 12.1. The van der Waals surface area contributed by atoms with Gasteiger partial charge in [-0.25, -0.2) is 0 Å². The number of hydrogen-bond acceptors (Lipinski definition) is 1. The molecule has 0 aliphatic carbocycles. The fourth-order valence-corrected chi connectivity index (χ4v) is 3.01. The second-order valence-electron chi connectivity index (χ2n) is 5.26. The highest BCUT2D eigenvalue weighted by Crippen LogP contribution is 2.20. The summed E-state index contributed by atoms with van der Waals surface area (Å²) in [5, 5.41) is 5.64. The average molecular weight is 383 g/mol. The Hall–Kier alpha value is -1.36. The summed E-state index contributed by atoms with van der Waals surface area (Å²) in [5.41, 5.74) is 2.91. The van der Waals surface area contributed by atoms with Crippen molar-refractivity contribution in [2.45, 2.75) is 19.9 Å². The summed E-state index contributed by atoms with van der Waals surface area (Å²) in [6.07, 6.45) is 0. The highest BCUT2D eigenvalue weighted by atomic mass is 79.9. The summed E-state index contributed by atoms with van der Waals surface area (Å²) in [7, 11) is 0. The van der Waals surface area contributed by atoms with Crippen molar-refractivity contribution in [2.75, 3.05) is 11.9 Å². The molecule has 0 heterocycles. The van der Waals surface area contributed by atoms with Gasteiger partial charge in [-0.2, -0.15) is 0 Å². The molecule has 0 aliphatic heterocycles. The monoisotopic (exact) mass is 381 g/mol. The molecule has 0 unspecified atom stereocenters. The zero-order valence-corrected chi connectivity index (χ0v) is 14.9. The topological polar surface area (TPSA) is 45.7 Å². The molecule has 0 fully saturated rings. The highest BCUT2D eigenvalue weighted by Gasteiger charge is 2.14. The molecule has 0 radical (unpaired) electrons. The van der Waals surface area contributed by atoms with Crippen LogP contribution in [0.1, 0.15) is 24.1 Å². The van der Waals surface area contributed by atoms with Gasteiger partial charge in [-0.15, -0.1) is 0 Å². The normalized spacial score (nSPS) is 12.0. The number of benzene rings is 2. The lowest BCUT2D eigenvalue weighted by molar-refractivity contribution is -0.682. The van der Waals surface area contributed by atoms with Gasteiger partial charge in [0.2, 0.25) is 0 Å². The Morgan fingerprint density at radius 3 is 2.73 bits per heavy atom. The van der Waals surface area contributed by atoms with Crippen LogP contribution in [-0.2, 0) is 4.79 Å². The molecule has 5 heteroatoms. The molecule has 0 aromatic heterocycles. The Morgan fingerprint density at radius 1 is 1.32 bits per heavy atom. The predicted octanol–water partition coefficient (Wildman–Crippen LogP) is 3.67. The van der Waals surface area contributed by atoms with Crippen LogP contribution < -0.4 is 10.6 Å². The zero-order valence-electron chi connectivity index (χ0n) is 12.6. The number of hydrogen-bond donors (Lipinski definition) is 2. The van der Waals surface area contributed by atoms with Crippen LogP contribution in [0.5, 0.6) is 0 Å². The second-order valence-corrected chi connectivity index (χ2v) is 6.58. The van der Waals surface area contributed by atoms with Crippen LogP contribution in [-0.4, -0.2) is 12.5 Å². The zero-order chi connectivity index (χ0) is 16.1. The van der Waals surface area contributed by atoms with E-state index in [-0.39, 0.29) is 11.9 Å². The molecule has 0 saturated carbocycles. The number of nitrogens with two attached hydrogens (primary N) is 1. The Labute approximate surface area is 144 Å². The minimum absolute atomic E-state index is 0.0238. The van der Waals surface area contributed by atoms with E-state index < -0.39 is 0 Å². The molecular weight excluding hydrogens is 364 g/mol. The summed E-state index contributed by atoms with van der Waals surface area (Å²) in [4.78, 5) is 12.1. The summed E-state index contributed by atoms with van der Waals surface area (Å²) in [6.45, 7) is 4.36. The quantitative estimate of drug-likeness (QED) is 0.814. The molecule has 116 valence electrons. The molecule has 3 N–H and O–H groups in total. The molecule has 0 aliphatic rings. The minimum atomic E-state index is -0.0238. The van der Waals surface area contributed by atoms with E-state index >= 15 is 0 Å². The Kier molecular flexibility index (Phi) is 6.00.